The monoisotopic (exact) mass is 381 g/mol. The van der Waals surface area contributed by atoms with E-state index in [0.29, 0.717) is 19.9 Å². The molecule has 0 fully saturated rings. The highest BCUT2D eigenvalue weighted by Gasteiger charge is 2.14. The van der Waals surface area contributed by atoms with E-state index >= 15 is 0 Å². The molecule has 1 aromatic rings. The van der Waals surface area contributed by atoms with Crippen molar-refractivity contribution in [2.75, 3.05) is 0 Å². The molecule has 0 saturated heterocycles. The number of halogens is 3. The highest BCUT2D eigenvalue weighted by Crippen LogP contribution is 2.21. The van der Waals surface area contributed by atoms with E-state index in [2.05, 4.69) is 44.1 Å². The number of alkyl halides is 1. The molecule has 2 nitrogen and oxygen atoms in total. The molecule has 0 aliphatic rings. The van der Waals surface area contributed by atoms with Crippen LogP contribution in [0.15, 0.2) is 22.7 Å². The van der Waals surface area contributed by atoms with Crippen LogP contribution in [-0.4, -0.2) is 16.8 Å². The van der Waals surface area contributed by atoms with Crippen LogP contribution in [0.2, 0.25) is 5.02 Å². The van der Waals surface area contributed by atoms with E-state index in [0.717, 1.165) is 6.42 Å². The molecule has 94 valence electrons. The van der Waals surface area contributed by atoms with Crippen molar-refractivity contribution < 1.29 is 4.79 Å². The molecule has 0 bridgehead atoms. The van der Waals surface area contributed by atoms with E-state index in [-0.39, 0.29) is 11.9 Å². The third-order valence-electron chi connectivity index (χ3n) is 2.23. The molecule has 5 heteroatoms. The van der Waals surface area contributed by atoms with E-state index in [1.54, 1.807) is 18.2 Å². The van der Waals surface area contributed by atoms with Crippen LogP contribution < -0.4 is 5.32 Å². The summed E-state index contributed by atoms with van der Waals surface area (Å²) < 4.78 is 0.710. The van der Waals surface area contributed by atoms with E-state index in [4.69, 9.17) is 11.6 Å². The number of hydrogen-bond donors (Lipinski definition) is 1. The molecule has 2 atom stereocenters. The van der Waals surface area contributed by atoms with Crippen LogP contribution in [0, 0.1) is 0 Å². The van der Waals surface area contributed by atoms with Crippen LogP contribution in [0.5, 0.6) is 0 Å². The molecular weight excluding hydrogens is 369 g/mol. The molecule has 0 aliphatic carbocycles. The Labute approximate surface area is 123 Å². The van der Waals surface area contributed by atoms with Crippen molar-refractivity contribution in [1.29, 1.82) is 0 Å². The lowest BCUT2D eigenvalue weighted by atomic mass is 10.1. The first-order chi connectivity index (χ1) is 7.90. The largest absolute Gasteiger partial charge is 0.350 e. The quantitative estimate of drug-likeness (QED) is 0.768. The fraction of sp³-hybridized carbons (Fsp3) is 0.417. The topological polar surface area (TPSA) is 29.1 Å². The molecule has 17 heavy (non-hydrogen) atoms. The third-order valence-corrected chi connectivity index (χ3v) is 3.50. The second-order valence-electron chi connectivity index (χ2n) is 4.02. The Hall–Kier alpha value is -0.0600. The molecular formula is C12H14Br2ClNO. The van der Waals surface area contributed by atoms with Crippen molar-refractivity contribution in [3.8, 4) is 0 Å². The predicted molar refractivity (Wildman–Crippen MR) is 79.1 cm³/mol. The van der Waals surface area contributed by atoms with Gasteiger partial charge in [-0.15, -0.1) is 0 Å². The molecule has 0 radical (unpaired) electrons. The molecule has 2 unspecified atom stereocenters. The molecule has 0 aromatic heterocycles. The summed E-state index contributed by atoms with van der Waals surface area (Å²) in [5.74, 6) is -0.0887. The zero-order chi connectivity index (χ0) is 13.0. The number of hydrogen-bond acceptors (Lipinski definition) is 1. The van der Waals surface area contributed by atoms with Gasteiger partial charge in [0.25, 0.3) is 5.91 Å². The first-order valence-corrected chi connectivity index (χ1v) is 7.38. The van der Waals surface area contributed by atoms with E-state index in [1.807, 2.05) is 6.92 Å². The summed E-state index contributed by atoms with van der Waals surface area (Å²) in [6.07, 6.45) is 0.886. The summed E-state index contributed by atoms with van der Waals surface area (Å²) in [5, 5.41) is 3.55. The summed E-state index contributed by atoms with van der Waals surface area (Å²) >= 11 is 12.6. The molecule has 1 amide bonds. The lowest BCUT2D eigenvalue weighted by Gasteiger charge is -2.15. The van der Waals surface area contributed by atoms with Gasteiger partial charge in [0.1, 0.15) is 0 Å². The Morgan fingerprint density at radius 2 is 2.12 bits per heavy atom. The Morgan fingerprint density at radius 1 is 1.47 bits per heavy atom. The van der Waals surface area contributed by atoms with Gasteiger partial charge in [-0.1, -0.05) is 34.5 Å². The Balaban J connectivity index is 2.70. The SMILES string of the molecule is CC(Br)CC(C)NC(=O)c1ccc(Cl)cc1Br. The maximum Gasteiger partial charge on any atom is 0.252 e. The van der Waals surface area contributed by atoms with Gasteiger partial charge >= 0.3 is 0 Å². The number of amides is 1. The standard InChI is InChI=1S/C12H14Br2ClNO/c1-7(13)5-8(2)16-12(17)10-4-3-9(15)6-11(10)14/h3-4,6-8H,5H2,1-2H3,(H,16,17). The van der Waals surface area contributed by atoms with Gasteiger partial charge in [-0.05, 0) is 47.5 Å². The van der Waals surface area contributed by atoms with Crippen LogP contribution in [0.4, 0.5) is 0 Å². The molecule has 1 N–H and O–H groups in total. The number of nitrogens with one attached hydrogen (secondary N) is 1. The number of carbonyl (C=O) groups excluding carboxylic acids is 1. The summed E-state index contributed by atoms with van der Waals surface area (Å²) in [4.78, 5) is 12.4. The normalized spacial score (nSPS) is 14.2. The van der Waals surface area contributed by atoms with Gasteiger partial charge in [-0.3, -0.25) is 4.79 Å². The van der Waals surface area contributed by atoms with Crippen LogP contribution in [0.3, 0.4) is 0 Å². The van der Waals surface area contributed by atoms with Gasteiger partial charge in [-0.2, -0.15) is 0 Å². The molecule has 0 heterocycles. The second kappa shape index (κ2) is 6.76. The summed E-state index contributed by atoms with van der Waals surface area (Å²) in [6.45, 7) is 4.04. The lowest BCUT2D eigenvalue weighted by molar-refractivity contribution is 0.0938. The molecule has 0 saturated carbocycles. The van der Waals surface area contributed by atoms with Crippen LogP contribution in [0.25, 0.3) is 0 Å². The van der Waals surface area contributed by atoms with Gasteiger partial charge in [0.05, 0.1) is 5.56 Å². The summed E-state index contributed by atoms with van der Waals surface area (Å²) in [7, 11) is 0. The highest BCUT2D eigenvalue weighted by molar-refractivity contribution is 9.10. The fourth-order valence-corrected chi connectivity index (χ4v) is 2.94. The highest BCUT2D eigenvalue weighted by atomic mass is 79.9. The average molecular weight is 384 g/mol. The summed E-state index contributed by atoms with van der Waals surface area (Å²) in [6, 6.07) is 5.26. The molecule has 0 aliphatic heterocycles. The van der Waals surface area contributed by atoms with Crippen molar-refractivity contribution >= 4 is 49.4 Å². The van der Waals surface area contributed by atoms with Crippen molar-refractivity contribution in [3.63, 3.8) is 0 Å². The molecule has 1 aromatic carbocycles. The van der Waals surface area contributed by atoms with E-state index < -0.39 is 0 Å². The van der Waals surface area contributed by atoms with Crippen molar-refractivity contribution in [3.05, 3.63) is 33.3 Å². The average Bonchev–Trinajstić information content (AvgIpc) is 2.15. The smallest absolute Gasteiger partial charge is 0.252 e. The van der Waals surface area contributed by atoms with Gasteiger partial charge in [0, 0.05) is 20.4 Å². The fourth-order valence-electron chi connectivity index (χ4n) is 1.52. The van der Waals surface area contributed by atoms with Gasteiger partial charge < -0.3 is 5.32 Å². The van der Waals surface area contributed by atoms with Crippen molar-refractivity contribution in [2.45, 2.75) is 31.1 Å². The maximum atomic E-state index is 12.0. The zero-order valence-electron chi connectivity index (χ0n) is 9.64. The van der Waals surface area contributed by atoms with E-state index in [1.165, 1.54) is 0 Å². The van der Waals surface area contributed by atoms with Crippen molar-refractivity contribution in [2.24, 2.45) is 0 Å². The zero-order valence-corrected chi connectivity index (χ0v) is 13.6. The summed E-state index contributed by atoms with van der Waals surface area (Å²) in [5.41, 5.74) is 0.600. The second-order valence-corrected chi connectivity index (χ2v) is 6.87. The molecule has 1 rings (SSSR count). The third kappa shape index (κ3) is 4.98. The van der Waals surface area contributed by atoms with Gasteiger partial charge in [-0.25, -0.2) is 0 Å². The Bertz CT molecular complexity index is 409. The van der Waals surface area contributed by atoms with Crippen LogP contribution in [-0.2, 0) is 0 Å². The van der Waals surface area contributed by atoms with Gasteiger partial charge in [0.15, 0.2) is 0 Å². The minimum absolute atomic E-state index is 0.0887. The predicted octanol–water partition coefficient (Wildman–Crippen LogP) is 4.39. The van der Waals surface area contributed by atoms with Crippen LogP contribution >= 0.6 is 43.5 Å². The number of rotatable bonds is 4. The minimum Gasteiger partial charge on any atom is -0.350 e. The number of carbonyl (C=O) groups is 1. The van der Waals surface area contributed by atoms with Crippen molar-refractivity contribution in [1.82, 2.24) is 5.32 Å². The first-order valence-electron chi connectivity index (χ1n) is 5.30. The maximum absolute atomic E-state index is 12.0. The number of benzene rings is 1. The van der Waals surface area contributed by atoms with Crippen LogP contribution in [0.1, 0.15) is 30.6 Å². The Kier molecular flexibility index (Phi) is 5.97. The first kappa shape index (κ1) is 15.0. The molecule has 0 spiro atoms. The minimum atomic E-state index is -0.0887. The Morgan fingerprint density at radius 3 is 2.65 bits per heavy atom. The van der Waals surface area contributed by atoms with Gasteiger partial charge in [0.2, 0.25) is 0 Å². The van der Waals surface area contributed by atoms with E-state index in [9.17, 15) is 4.79 Å². The lowest BCUT2D eigenvalue weighted by Crippen LogP contribution is -2.34.